The van der Waals surface area contributed by atoms with E-state index in [9.17, 15) is 14.7 Å². The van der Waals surface area contributed by atoms with E-state index in [2.05, 4.69) is 10.6 Å². The molecule has 0 radical (unpaired) electrons. The quantitative estimate of drug-likeness (QED) is 0.792. The van der Waals surface area contributed by atoms with Gasteiger partial charge in [0, 0.05) is 11.4 Å². The first-order chi connectivity index (χ1) is 9.99. The lowest BCUT2D eigenvalue weighted by Crippen LogP contribution is -2.34. The van der Waals surface area contributed by atoms with Crippen LogP contribution in [0.25, 0.3) is 0 Å². The van der Waals surface area contributed by atoms with Crippen molar-refractivity contribution in [2.24, 2.45) is 5.92 Å². The van der Waals surface area contributed by atoms with Gasteiger partial charge in [-0.25, -0.2) is 9.59 Å². The summed E-state index contributed by atoms with van der Waals surface area (Å²) in [5, 5.41) is 15.2. The van der Waals surface area contributed by atoms with Crippen molar-refractivity contribution in [1.82, 2.24) is 5.32 Å². The van der Waals surface area contributed by atoms with Crippen LogP contribution < -0.4 is 10.6 Å². The number of urea groups is 1. The number of anilines is 1. The van der Waals surface area contributed by atoms with Gasteiger partial charge in [0.25, 0.3) is 0 Å². The van der Waals surface area contributed by atoms with E-state index in [1.54, 1.807) is 6.92 Å². The number of carboxylic acids is 1. The number of thiophene rings is 1. The van der Waals surface area contributed by atoms with Crippen LogP contribution in [-0.2, 0) is 0 Å². The maximum atomic E-state index is 11.9. The monoisotopic (exact) mass is 328 g/mol. The van der Waals surface area contributed by atoms with Gasteiger partial charge in [0.2, 0.25) is 0 Å². The highest BCUT2D eigenvalue weighted by Gasteiger charge is 2.21. The van der Waals surface area contributed by atoms with E-state index in [1.807, 2.05) is 18.7 Å². The molecule has 7 heteroatoms. The molecule has 2 heterocycles. The number of hydrogen-bond acceptors (Lipinski definition) is 4. The van der Waals surface area contributed by atoms with Gasteiger partial charge in [0.15, 0.2) is 0 Å². The Labute approximate surface area is 132 Å². The zero-order valence-corrected chi connectivity index (χ0v) is 13.8. The molecule has 0 atom stereocenters. The Kier molecular flexibility index (Phi) is 5.52. The summed E-state index contributed by atoms with van der Waals surface area (Å²) in [7, 11) is 0. The number of aryl methyl sites for hydroxylation is 1. The Morgan fingerprint density at radius 2 is 1.95 bits per heavy atom. The van der Waals surface area contributed by atoms with Crippen LogP contribution in [-0.4, -0.2) is 35.2 Å². The standard InChI is InChI=1S/C14H20N2O3S2/c1-8-9(2)21-12(11(8)13(17)18)16-14(19)15-7-10-3-5-20-6-4-10/h10H,3-7H2,1-2H3,(H,17,18)(H2,15,16,19). The van der Waals surface area contributed by atoms with E-state index >= 15 is 0 Å². The Bertz CT molecular complexity index is 537. The molecule has 1 aromatic rings. The SMILES string of the molecule is Cc1sc(NC(=O)NCC2CCSCC2)c(C(=O)O)c1C. The lowest BCUT2D eigenvalue weighted by molar-refractivity contribution is 0.0697. The first kappa shape index (κ1) is 16.2. The molecule has 3 N–H and O–H groups in total. The molecular formula is C14H20N2O3S2. The molecular weight excluding hydrogens is 308 g/mol. The molecule has 1 fully saturated rings. The normalized spacial score (nSPS) is 15.7. The van der Waals surface area contributed by atoms with Crippen LogP contribution in [0.5, 0.6) is 0 Å². The molecule has 5 nitrogen and oxygen atoms in total. The molecule has 0 unspecified atom stereocenters. The highest BCUT2D eigenvalue weighted by molar-refractivity contribution is 7.99. The van der Waals surface area contributed by atoms with Crippen molar-refractivity contribution >= 4 is 40.1 Å². The van der Waals surface area contributed by atoms with Crippen molar-refractivity contribution in [3.8, 4) is 0 Å². The van der Waals surface area contributed by atoms with Gasteiger partial charge >= 0.3 is 12.0 Å². The van der Waals surface area contributed by atoms with Crippen LogP contribution in [0.15, 0.2) is 0 Å². The summed E-state index contributed by atoms with van der Waals surface area (Å²) in [6, 6.07) is -0.322. The smallest absolute Gasteiger partial charge is 0.338 e. The van der Waals surface area contributed by atoms with Gasteiger partial charge in [-0.1, -0.05) is 0 Å². The van der Waals surface area contributed by atoms with Gasteiger partial charge < -0.3 is 10.4 Å². The van der Waals surface area contributed by atoms with Crippen molar-refractivity contribution < 1.29 is 14.7 Å². The Morgan fingerprint density at radius 1 is 1.29 bits per heavy atom. The largest absolute Gasteiger partial charge is 0.478 e. The van der Waals surface area contributed by atoms with E-state index in [0.717, 1.165) is 29.2 Å². The predicted octanol–water partition coefficient (Wildman–Crippen LogP) is 3.33. The summed E-state index contributed by atoms with van der Waals surface area (Å²) >= 11 is 3.26. The van der Waals surface area contributed by atoms with Gasteiger partial charge in [-0.05, 0) is 49.7 Å². The van der Waals surface area contributed by atoms with E-state index in [0.29, 0.717) is 23.0 Å². The molecule has 1 aromatic heterocycles. The number of rotatable bonds is 4. The predicted molar refractivity (Wildman–Crippen MR) is 87.8 cm³/mol. The van der Waals surface area contributed by atoms with Crippen LogP contribution in [0.2, 0.25) is 0 Å². The maximum Gasteiger partial charge on any atom is 0.338 e. The molecule has 1 aliphatic rings. The highest BCUT2D eigenvalue weighted by Crippen LogP contribution is 2.32. The molecule has 0 aliphatic carbocycles. The molecule has 1 saturated heterocycles. The van der Waals surface area contributed by atoms with Gasteiger partial charge in [-0.2, -0.15) is 11.8 Å². The fraction of sp³-hybridized carbons (Fsp3) is 0.571. The summed E-state index contributed by atoms with van der Waals surface area (Å²) in [4.78, 5) is 24.1. The summed E-state index contributed by atoms with van der Waals surface area (Å²) in [6.07, 6.45) is 2.26. The minimum Gasteiger partial charge on any atom is -0.478 e. The zero-order valence-electron chi connectivity index (χ0n) is 12.2. The summed E-state index contributed by atoms with van der Waals surface area (Å²) < 4.78 is 0. The molecule has 0 spiro atoms. The van der Waals surface area contributed by atoms with Crippen LogP contribution in [0, 0.1) is 19.8 Å². The first-order valence-corrected chi connectivity index (χ1v) is 8.92. The van der Waals surface area contributed by atoms with Crippen molar-refractivity contribution in [3.63, 3.8) is 0 Å². The first-order valence-electron chi connectivity index (χ1n) is 6.95. The van der Waals surface area contributed by atoms with E-state index in [4.69, 9.17) is 0 Å². The lowest BCUT2D eigenvalue weighted by atomic mass is 10.0. The van der Waals surface area contributed by atoms with E-state index < -0.39 is 5.97 Å². The molecule has 1 aliphatic heterocycles. The van der Waals surface area contributed by atoms with Crippen molar-refractivity contribution in [3.05, 3.63) is 16.0 Å². The van der Waals surface area contributed by atoms with Crippen molar-refractivity contribution in [1.29, 1.82) is 0 Å². The number of carboxylic acid groups (broad SMARTS) is 1. The summed E-state index contributed by atoms with van der Waals surface area (Å²) in [5.41, 5.74) is 0.911. The minimum absolute atomic E-state index is 0.196. The number of thioether (sulfide) groups is 1. The average molecular weight is 328 g/mol. The van der Waals surface area contributed by atoms with Gasteiger partial charge in [0.05, 0.1) is 5.56 Å². The minimum atomic E-state index is -1.00. The third-order valence-electron chi connectivity index (χ3n) is 3.72. The lowest BCUT2D eigenvalue weighted by Gasteiger charge is -2.21. The van der Waals surface area contributed by atoms with Gasteiger partial charge in [-0.15, -0.1) is 11.3 Å². The molecule has 0 aromatic carbocycles. The van der Waals surface area contributed by atoms with Crippen LogP contribution in [0.4, 0.5) is 9.80 Å². The van der Waals surface area contributed by atoms with E-state index in [1.165, 1.54) is 11.3 Å². The Morgan fingerprint density at radius 3 is 2.57 bits per heavy atom. The molecule has 0 saturated carbocycles. The van der Waals surface area contributed by atoms with Crippen LogP contribution in [0.3, 0.4) is 0 Å². The Hall–Kier alpha value is -1.21. The van der Waals surface area contributed by atoms with Gasteiger partial charge in [0.1, 0.15) is 5.00 Å². The number of amides is 2. The fourth-order valence-electron chi connectivity index (χ4n) is 2.31. The summed E-state index contributed by atoms with van der Waals surface area (Å²) in [6.45, 7) is 4.27. The van der Waals surface area contributed by atoms with Gasteiger partial charge in [-0.3, -0.25) is 5.32 Å². The molecule has 2 rings (SSSR count). The molecule has 2 amide bonds. The van der Waals surface area contributed by atoms with Crippen LogP contribution >= 0.6 is 23.1 Å². The third-order valence-corrected chi connectivity index (χ3v) is 5.89. The maximum absolute atomic E-state index is 11.9. The molecule has 116 valence electrons. The van der Waals surface area contributed by atoms with Crippen molar-refractivity contribution in [2.75, 3.05) is 23.4 Å². The summed E-state index contributed by atoms with van der Waals surface area (Å²) in [5.74, 6) is 1.83. The second-order valence-corrected chi connectivity index (χ2v) is 7.63. The zero-order chi connectivity index (χ0) is 15.4. The number of aromatic carboxylic acids is 1. The third kappa shape index (κ3) is 4.14. The average Bonchev–Trinajstić information content (AvgIpc) is 2.72. The van der Waals surface area contributed by atoms with E-state index in [-0.39, 0.29) is 11.6 Å². The number of hydrogen-bond donors (Lipinski definition) is 3. The molecule has 0 bridgehead atoms. The fourth-order valence-corrected chi connectivity index (χ4v) is 4.56. The Balaban J connectivity index is 1.93. The number of nitrogens with one attached hydrogen (secondary N) is 2. The second kappa shape index (κ2) is 7.17. The number of carbonyl (C=O) groups is 2. The second-order valence-electron chi connectivity index (χ2n) is 5.18. The van der Waals surface area contributed by atoms with Crippen LogP contribution in [0.1, 0.15) is 33.6 Å². The molecule has 21 heavy (non-hydrogen) atoms. The topological polar surface area (TPSA) is 78.4 Å². The highest BCUT2D eigenvalue weighted by atomic mass is 32.2. The van der Waals surface area contributed by atoms with Crippen molar-refractivity contribution in [2.45, 2.75) is 26.7 Å². The number of carbonyl (C=O) groups excluding carboxylic acids is 1.